The summed E-state index contributed by atoms with van der Waals surface area (Å²) in [6.07, 6.45) is 0.293. The van der Waals surface area contributed by atoms with Crippen LogP contribution in [0.5, 0.6) is 0 Å². The normalized spacial score (nSPS) is 14.5. The van der Waals surface area contributed by atoms with Gasteiger partial charge in [-0.25, -0.2) is 4.90 Å². The summed E-state index contributed by atoms with van der Waals surface area (Å²) in [5, 5.41) is 2.90. The average Bonchev–Trinajstić information content (AvgIpc) is 2.35. The molecule has 6 heteroatoms. The Kier molecular flexibility index (Phi) is 3.88. The van der Waals surface area contributed by atoms with Gasteiger partial charge >= 0.3 is 0 Å². The van der Waals surface area contributed by atoms with E-state index in [2.05, 4.69) is 5.32 Å². The molecule has 96 valence electrons. The predicted molar refractivity (Wildman–Crippen MR) is 72.6 cm³/mol. The van der Waals surface area contributed by atoms with E-state index in [4.69, 9.17) is 5.73 Å². The third-order valence-electron chi connectivity index (χ3n) is 2.66. The van der Waals surface area contributed by atoms with Crippen LogP contribution in [0, 0.1) is 0 Å². The second kappa shape index (κ2) is 5.41. The fourth-order valence-corrected chi connectivity index (χ4v) is 2.66. The van der Waals surface area contributed by atoms with Crippen LogP contribution in [-0.4, -0.2) is 31.2 Å². The number of amides is 2. The van der Waals surface area contributed by atoms with Gasteiger partial charge in [0.15, 0.2) is 0 Å². The van der Waals surface area contributed by atoms with Gasteiger partial charge in [0.05, 0.1) is 11.4 Å². The van der Waals surface area contributed by atoms with E-state index in [0.29, 0.717) is 30.1 Å². The lowest BCUT2D eigenvalue weighted by Crippen LogP contribution is -2.41. The lowest BCUT2D eigenvalue weighted by atomic mass is 10.2. The molecule has 0 aliphatic carbocycles. The van der Waals surface area contributed by atoms with Crippen molar-refractivity contribution < 1.29 is 9.59 Å². The number of nitrogens with zero attached hydrogens (tertiary/aromatic N) is 1. The fraction of sp³-hybridized carbons (Fsp3) is 0.333. The summed E-state index contributed by atoms with van der Waals surface area (Å²) in [7, 11) is 1.77. The van der Waals surface area contributed by atoms with Crippen LogP contribution in [0.3, 0.4) is 0 Å². The molecule has 1 aliphatic heterocycles. The predicted octanol–water partition coefficient (Wildman–Crippen LogP) is 0.844. The van der Waals surface area contributed by atoms with Crippen molar-refractivity contribution >= 4 is 35.0 Å². The van der Waals surface area contributed by atoms with Gasteiger partial charge in [0.2, 0.25) is 11.8 Å². The van der Waals surface area contributed by atoms with Gasteiger partial charge in [0, 0.05) is 23.5 Å². The highest BCUT2D eigenvalue weighted by atomic mass is 32.2. The number of thioether (sulfide) groups is 1. The van der Waals surface area contributed by atoms with Crippen LogP contribution in [0.25, 0.3) is 0 Å². The molecule has 1 aromatic carbocycles. The van der Waals surface area contributed by atoms with Gasteiger partial charge < -0.3 is 11.1 Å². The number of nitrogen functional groups attached to an aromatic ring is 1. The number of carbonyl (C=O) groups is 2. The Morgan fingerprint density at radius 1 is 1.56 bits per heavy atom. The Balaban J connectivity index is 2.32. The maximum atomic E-state index is 12.1. The van der Waals surface area contributed by atoms with Crippen LogP contribution in [0.15, 0.2) is 23.1 Å². The van der Waals surface area contributed by atoms with E-state index in [9.17, 15) is 9.59 Å². The molecule has 2 amide bonds. The van der Waals surface area contributed by atoms with Crippen LogP contribution >= 0.6 is 11.8 Å². The molecule has 0 bridgehead atoms. The van der Waals surface area contributed by atoms with E-state index in [1.165, 1.54) is 16.7 Å². The van der Waals surface area contributed by atoms with Gasteiger partial charge in [0.25, 0.3) is 0 Å². The topological polar surface area (TPSA) is 75.4 Å². The maximum Gasteiger partial charge on any atom is 0.244 e. The van der Waals surface area contributed by atoms with Gasteiger partial charge in [0.1, 0.15) is 0 Å². The number of benzene rings is 1. The van der Waals surface area contributed by atoms with Crippen molar-refractivity contribution in [2.45, 2.75) is 11.3 Å². The first-order valence-corrected chi connectivity index (χ1v) is 6.64. The zero-order valence-corrected chi connectivity index (χ0v) is 10.9. The van der Waals surface area contributed by atoms with Crippen molar-refractivity contribution in [2.75, 3.05) is 30.0 Å². The van der Waals surface area contributed by atoms with E-state index in [1.807, 2.05) is 6.07 Å². The number of imide groups is 1. The second-order valence-electron chi connectivity index (χ2n) is 3.99. The van der Waals surface area contributed by atoms with E-state index >= 15 is 0 Å². The maximum absolute atomic E-state index is 12.1. The Morgan fingerprint density at radius 2 is 2.33 bits per heavy atom. The minimum absolute atomic E-state index is 0.181. The number of nitrogens with one attached hydrogen (secondary N) is 1. The minimum atomic E-state index is -0.193. The number of fused-ring (bicyclic) bond motifs is 1. The van der Waals surface area contributed by atoms with Gasteiger partial charge in [-0.3, -0.25) is 9.59 Å². The molecule has 0 fully saturated rings. The van der Waals surface area contributed by atoms with Crippen LogP contribution in [0.2, 0.25) is 0 Å². The van der Waals surface area contributed by atoms with Gasteiger partial charge in [-0.1, -0.05) is 0 Å². The molecule has 1 aromatic rings. The van der Waals surface area contributed by atoms with E-state index in [1.54, 1.807) is 19.2 Å². The Morgan fingerprint density at radius 3 is 3.06 bits per heavy atom. The zero-order chi connectivity index (χ0) is 13.1. The summed E-state index contributed by atoms with van der Waals surface area (Å²) in [6.45, 7) is 0.549. The van der Waals surface area contributed by atoms with E-state index in [0.717, 1.165) is 4.90 Å². The molecule has 0 radical (unpaired) electrons. The third-order valence-corrected chi connectivity index (χ3v) is 3.71. The first-order valence-electron chi connectivity index (χ1n) is 5.66. The highest BCUT2D eigenvalue weighted by Crippen LogP contribution is 2.36. The lowest BCUT2D eigenvalue weighted by molar-refractivity contribution is -0.125. The highest BCUT2D eigenvalue weighted by molar-refractivity contribution is 8.00. The monoisotopic (exact) mass is 265 g/mol. The van der Waals surface area contributed by atoms with Gasteiger partial charge in [-0.15, -0.1) is 11.8 Å². The standard InChI is InChI=1S/C12H15N3O2S/c1-14-5-4-11(16)15-9-6-8(13)2-3-10(9)18-7-12(15)17/h2-3,6,14H,4-5,7,13H2,1H3. The summed E-state index contributed by atoms with van der Waals surface area (Å²) >= 11 is 1.44. The van der Waals surface area contributed by atoms with Crippen molar-refractivity contribution in [1.29, 1.82) is 0 Å². The largest absolute Gasteiger partial charge is 0.399 e. The molecule has 1 heterocycles. The molecule has 2 rings (SSSR count). The third kappa shape index (κ3) is 2.49. The molecule has 0 atom stereocenters. The summed E-state index contributed by atoms with van der Waals surface area (Å²) in [5.41, 5.74) is 6.88. The first kappa shape index (κ1) is 12.9. The second-order valence-corrected chi connectivity index (χ2v) is 5.01. The minimum Gasteiger partial charge on any atom is -0.399 e. The van der Waals surface area contributed by atoms with Crippen LogP contribution in [-0.2, 0) is 9.59 Å². The molecule has 0 spiro atoms. The van der Waals surface area contributed by atoms with Crippen LogP contribution in [0.4, 0.5) is 11.4 Å². The number of carbonyl (C=O) groups excluding carboxylic acids is 2. The number of anilines is 2. The molecule has 0 unspecified atom stereocenters. The van der Waals surface area contributed by atoms with Crippen molar-refractivity contribution in [3.05, 3.63) is 18.2 Å². The fourth-order valence-electron chi connectivity index (χ4n) is 1.79. The summed E-state index contributed by atoms with van der Waals surface area (Å²) < 4.78 is 0. The molecule has 0 saturated carbocycles. The zero-order valence-electron chi connectivity index (χ0n) is 10.1. The van der Waals surface area contributed by atoms with Crippen molar-refractivity contribution in [3.63, 3.8) is 0 Å². The Labute approximate surface area is 110 Å². The molecule has 5 nitrogen and oxygen atoms in total. The van der Waals surface area contributed by atoms with Gasteiger partial charge in [-0.05, 0) is 25.2 Å². The Bertz CT molecular complexity index is 490. The molecular weight excluding hydrogens is 250 g/mol. The average molecular weight is 265 g/mol. The van der Waals surface area contributed by atoms with Gasteiger partial charge in [-0.2, -0.15) is 0 Å². The number of nitrogens with two attached hydrogens (primary N) is 1. The molecule has 18 heavy (non-hydrogen) atoms. The first-order chi connectivity index (χ1) is 8.63. The lowest BCUT2D eigenvalue weighted by Gasteiger charge is -2.27. The summed E-state index contributed by atoms with van der Waals surface area (Å²) in [5.74, 6) is -0.0805. The molecule has 0 aromatic heterocycles. The number of hydrogen-bond donors (Lipinski definition) is 2. The van der Waals surface area contributed by atoms with Crippen molar-refractivity contribution in [1.82, 2.24) is 5.32 Å². The molecule has 0 saturated heterocycles. The number of rotatable bonds is 3. The van der Waals surface area contributed by atoms with Crippen LogP contribution in [0.1, 0.15) is 6.42 Å². The highest BCUT2D eigenvalue weighted by Gasteiger charge is 2.29. The van der Waals surface area contributed by atoms with Crippen LogP contribution < -0.4 is 16.0 Å². The SMILES string of the molecule is CNCCC(=O)N1C(=O)CSc2ccc(N)cc21. The van der Waals surface area contributed by atoms with Crippen molar-refractivity contribution in [2.24, 2.45) is 0 Å². The molecule has 1 aliphatic rings. The Hall–Kier alpha value is -1.53. The van der Waals surface area contributed by atoms with Crippen molar-refractivity contribution in [3.8, 4) is 0 Å². The molecule has 3 N–H and O–H groups in total. The quantitative estimate of drug-likeness (QED) is 0.792. The van der Waals surface area contributed by atoms with E-state index in [-0.39, 0.29) is 11.8 Å². The van der Waals surface area contributed by atoms with E-state index < -0.39 is 0 Å². The summed E-state index contributed by atoms with van der Waals surface area (Å²) in [6, 6.07) is 5.30. The number of hydrogen-bond acceptors (Lipinski definition) is 5. The summed E-state index contributed by atoms with van der Waals surface area (Å²) in [4.78, 5) is 26.1. The molecular formula is C12H15N3O2S. The smallest absolute Gasteiger partial charge is 0.244 e.